The number of unbranched alkanes of at least 4 members (excludes halogenated alkanes) is 22. The molecule has 10 nitrogen and oxygen atoms in total. The number of aliphatic hydroxyl groups excluding tert-OH is 4. The van der Waals surface area contributed by atoms with Gasteiger partial charge in [0.25, 0.3) is 0 Å². The lowest BCUT2D eigenvalue weighted by atomic mass is 9.71. The number of rotatable bonds is 37. The monoisotopic (exact) mass is 715 g/mol. The van der Waals surface area contributed by atoms with Crippen molar-refractivity contribution in [1.82, 2.24) is 0 Å². The lowest BCUT2D eigenvalue weighted by molar-refractivity contribution is -0.194. The number of Topliss-reactive ketones (excluding diaryl/α,β-unsaturated/α-hetero) is 4. The third kappa shape index (κ3) is 18.8. The second kappa shape index (κ2) is 30.0. The van der Waals surface area contributed by atoms with Gasteiger partial charge in [0.1, 0.15) is 12.2 Å². The highest BCUT2D eigenvalue weighted by Crippen LogP contribution is 2.32. The molecule has 0 rings (SSSR count). The lowest BCUT2D eigenvalue weighted by Crippen LogP contribution is -2.69. The molecule has 0 aromatic heterocycles. The highest BCUT2D eigenvalue weighted by Gasteiger charge is 2.62. The van der Waals surface area contributed by atoms with Gasteiger partial charge in [-0.15, -0.1) is 0 Å². The minimum atomic E-state index is -3.28. The lowest BCUT2D eigenvalue weighted by Gasteiger charge is -2.39. The molecule has 10 heteroatoms. The van der Waals surface area contributed by atoms with Crippen LogP contribution in [0.15, 0.2) is 0 Å². The number of aliphatic hydroxyl groups is 6. The van der Waals surface area contributed by atoms with Crippen LogP contribution in [0, 0.1) is 0 Å². The molecule has 4 unspecified atom stereocenters. The van der Waals surface area contributed by atoms with E-state index in [2.05, 4.69) is 13.8 Å². The summed E-state index contributed by atoms with van der Waals surface area (Å²) in [5, 5.41) is 61.7. The SMILES string of the molecule is CCCCCCCCCCCCCCC(=O)C(O)(CO)C(O)(C(=O)CCCCCCCCCCCCCC)C(=O)CCC(=O)C(O)C(O)CO. The number of carbonyl (C=O) groups is 4. The summed E-state index contributed by atoms with van der Waals surface area (Å²) in [6, 6.07) is 0. The topological polar surface area (TPSA) is 190 Å². The van der Waals surface area contributed by atoms with Gasteiger partial charge in [0.2, 0.25) is 5.60 Å². The standard InChI is InChI=1S/C40H74O10/c1-3-5-7-9-11-13-15-17-19-21-23-25-27-35(45)39(49,32-42)40(50,37(47)30-29-33(43)38(48)34(44)31-41)36(46)28-26-24-22-20-18-16-14-12-10-8-6-4-2/h34,38,41-42,44,48-50H,3-32H2,1-2H3. The van der Waals surface area contributed by atoms with Crippen molar-refractivity contribution in [2.75, 3.05) is 13.2 Å². The van der Waals surface area contributed by atoms with Crippen LogP contribution < -0.4 is 0 Å². The van der Waals surface area contributed by atoms with E-state index in [9.17, 15) is 44.7 Å². The van der Waals surface area contributed by atoms with Gasteiger partial charge < -0.3 is 30.6 Å². The summed E-state index contributed by atoms with van der Waals surface area (Å²) in [5.74, 6) is -4.46. The summed E-state index contributed by atoms with van der Waals surface area (Å²) in [6.07, 6.45) is 19.2. The van der Waals surface area contributed by atoms with E-state index in [1.165, 1.54) is 77.0 Å². The molecule has 6 N–H and O–H groups in total. The van der Waals surface area contributed by atoms with Crippen LogP contribution in [0.2, 0.25) is 0 Å². The molecule has 0 fully saturated rings. The minimum Gasteiger partial charge on any atom is -0.394 e. The Morgan fingerprint density at radius 3 is 1.12 bits per heavy atom. The fraction of sp³-hybridized carbons (Fsp3) is 0.900. The maximum atomic E-state index is 13.5. The van der Waals surface area contributed by atoms with Gasteiger partial charge in [-0.05, 0) is 12.8 Å². The van der Waals surface area contributed by atoms with Gasteiger partial charge in [-0.1, -0.05) is 155 Å². The molecule has 294 valence electrons. The van der Waals surface area contributed by atoms with Crippen molar-refractivity contribution >= 4 is 23.1 Å². The second-order valence-electron chi connectivity index (χ2n) is 14.4. The molecule has 0 heterocycles. The number of carbonyl (C=O) groups excluding carboxylic acids is 4. The molecule has 0 bridgehead atoms. The predicted octanol–water partition coefficient (Wildman–Crippen LogP) is 6.39. The molecule has 4 atom stereocenters. The molecule has 0 radical (unpaired) electrons. The Labute approximate surface area is 302 Å². The molecule has 0 saturated carbocycles. The Hall–Kier alpha value is -1.56. The zero-order chi connectivity index (χ0) is 37.7. The summed E-state index contributed by atoms with van der Waals surface area (Å²) >= 11 is 0. The molecule has 0 amide bonds. The van der Waals surface area contributed by atoms with Crippen molar-refractivity contribution in [2.24, 2.45) is 0 Å². The van der Waals surface area contributed by atoms with Crippen LogP contribution >= 0.6 is 0 Å². The van der Waals surface area contributed by atoms with Crippen molar-refractivity contribution in [2.45, 2.75) is 217 Å². The first kappa shape index (κ1) is 48.4. The fourth-order valence-corrected chi connectivity index (χ4v) is 6.54. The molecule has 50 heavy (non-hydrogen) atoms. The second-order valence-corrected chi connectivity index (χ2v) is 14.4. The van der Waals surface area contributed by atoms with E-state index in [1.54, 1.807) is 0 Å². The summed E-state index contributed by atoms with van der Waals surface area (Å²) in [4.78, 5) is 52.6. The van der Waals surface area contributed by atoms with Crippen LogP contribution in [0.25, 0.3) is 0 Å². The maximum absolute atomic E-state index is 13.5. The van der Waals surface area contributed by atoms with E-state index >= 15 is 0 Å². The van der Waals surface area contributed by atoms with Crippen molar-refractivity contribution in [3.8, 4) is 0 Å². The van der Waals surface area contributed by atoms with Crippen LogP contribution in [0.5, 0.6) is 0 Å². The van der Waals surface area contributed by atoms with Gasteiger partial charge in [-0.25, -0.2) is 0 Å². The molecule has 0 spiro atoms. The predicted molar refractivity (Wildman–Crippen MR) is 197 cm³/mol. The molecule has 0 aliphatic heterocycles. The van der Waals surface area contributed by atoms with Crippen molar-refractivity contribution in [3.05, 3.63) is 0 Å². The van der Waals surface area contributed by atoms with Crippen LogP contribution in [0.3, 0.4) is 0 Å². The average molecular weight is 715 g/mol. The third-order valence-corrected chi connectivity index (χ3v) is 10.1. The van der Waals surface area contributed by atoms with Gasteiger partial charge in [0.15, 0.2) is 28.7 Å². The normalized spacial score (nSPS) is 15.3. The Kier molecular flexibility index (Phi) is 29.0. The van der Waals surface area contributed by atoms with Crippen molar-refractivity contribution < 1.29 is 49.8 Å². The zero-order valence-electron chi connectivity index (χ0n) is 31.7. The largest absolute Gasteiger partial charge is 0.394 e. The summed E-state index contributed by atoms with van der Waals surface area (Å²) in [7, 11) is 0. The molecule has 0 saturated heterocycles. The smallest absolute Gasteiger partial charge is 0.219 e. The van der Waals surface area contributed by atoms with Crippen LogP contribution in [0.1, 0.15) is 194 Å². The van der Waals surface area contributed by atoms with Crippen molar-refractivity contribution in [1.29, 1.82) is 0 Å². The third-order valence-electron chi connectivity index (χ3n) is 10.1. The van der Waals surface area contributed by atoms with E-state index < -0.39 is 72.6 Å². The van der Waals surface area contributed by atoms with Gasteiger partial charge >= 0.3 is 0 Å². The molecule has 0 aliphatic rings. The summed E-state index contributed by atoms with van der Waals surface area (Å²) < 4.78 is 0. The Balaban J connectivity index is 5.20. The summed E-state index contributed by atoms with van der Waals surface area (Å²) in [6.45, 7) is 2.13. The van der Waals surface area contributed by atoms with Crippen LogP contribution in [0.4, 0.5) is 0 Å². The van der Waals surface area contributed by atoms with E-state index in [1.807, 2.05) is 0 Å². The van der Waals surface area contributed by atoms with E-state index in [-0.39, 0.29) is 12.8 Å². The quantitative estimate of drug-likeness (QED) is 0.0311. The Morgan fingerprint density at radius 1 is 0.460 bits per heavy atom. The first-order chi connectivity index (χ1) is 24.0. The molecule has 0 aromatic carbocycles. The van der Waals surface area contributed by atoms with E-state index in [0.29, 0.717) is 25.7 Å². The van der Waals surface area contributed by atoms with E-state index in [0.717, 1.165) is 51.4 Å². The average Bonchev–Trinajstić information content (AvgIpc) is 3.12. The summed E-state index contributed by atoms with van der Waals surface area (Å²) in [5.41, 5.74) is -6.38. The molecular formula is C40H74O10. The molecule has 0 aromatic rings. The molecular weight excluding hydrogens is 640 g/mol. The number of hydrogen-bond acceptors (Lipinski definition) is 10. The van der Waals surface area contributed by atoms with Crippen LogP contribution in [-0.4, -0.2) is 90.4 Å². The highest BCUT2D eigenvalue weighted by atomic mass is 16.4. The van der Waals surface area contributed by atoms with Gasteiger partial charge in [-0.3, -0.25) is 19.2 Å². The van der Waals surface area contributed by atoms with Crippen molar-refractivity contribution in [3.63, 3.8) is 0 Å². The number of ketones is 4. The van der Waals surface area contributed by atoms with Crippen LogP contribution in [-0.2, 0) is 19.2 Å². The highest BCUT2D eigenvalue weighted by molar-refractivity contribution is 6.16. The van der Waals surface area contributed by atoms with Gasteiger partial charge in [0.05, 0.1) is 13.2 Å². The number of hydrogen-bond donors (Lipinski definition) is 6. The van der Waals surface area contributed by atoms with Gasteiger partial charge in [0, 0.05) is 25.7 Å². The fourth-order valence-electron chi connectivity index (χ4n) is 6.54. The maximum Gasteiger partial charge on any atom is 0.219 e. The Bertz CT molecular complexity index is 909. The first-order valence-corrected chi connectivity index (χ1v) is 20.1. The Morgan fingerprint density at radius 2 is 0.780 bits per heavy atom. The van der Waals surface area contributed by atoms with E-state index in [4.69, 9.17) is 5.11 Å². The first-order valence-electron chi connectivity index (χ1n) is 20.1. The molecule has 0 aliphatic carbocycles. The zero-order valence-corrected chi connectivity index (χ0v) is 31.7. The van der Waals surface area contributed by atoms with Gasteiger partial charge in [-0.2, -0.15) is 0 Å². The minimum absolute atomic E-state index is 0.254.